The van der Waals surface area contributed by atoms with Gasteiger partial charge in [0, 0.05) is 0 Å². The molecule has 6 heteroatoms. The number of hydrogen-bond acceptors (Lipinski definition) is 5. The van der Waals surface area contributed by atoms with Gasteiger partial charge >= 0.3 is 0 Å². The molecule has 2 aromatic rings. The van der Waals surface area contributed by atoms with Crippen molar-refractivity contribution in [2.75, 3.05) is 13.7 Å². The fourth-order valence-corrected chi connectivity index (χ4v) is 1.77. The molecule has 18 heavy (non-hydrogen) atoms. The lowest BCUT2D eigenvalue weighted by Gasteiger charge is -2.12. The Morgan fingerprint density at radius 1 is 1.33 bits per heavy atom. The second kappa shape index (κ2) is 5.59. The van der Waals surface area contributed by atoms with E-state index in [0.717, 1.165) is 23.8 Å². The molecule has 0 bridgehead atoms. The van der Waals surface area contributed by atoms with Crippen molar-refractivity contribution in [3.05, 3.63) is 30.1 Å². The number of benzene rings is 1. The normalized spacial score (nSPS) is 12.4. The van der Waals surface area contributed by atoms with Gasteiger partial charge < -0.3 is 10.1 Å². The molecule has 1 atom stereocenters. The zero-order valence-corrected chi connectivity index (χ0v) is 10.8. The van der Waals surface area contributed by atoms with Crippen LogP contribution in [0.25, 0.3) is 5.69 Å². The summed E-state index contributed by atoms with van der Waals surface area (Å²) in [5.41, 5.74) is 0.917. The molecule has 0 aliphatic heterocycles. The third-order valence-corrected chi connectivity index (χ3v) is 2.71. The Hall–Kier alpha value is -1.95. The summed E-state index contributed by atoms with van der Waals surface area (Å²) in [7, 11) is 1.64. The second-order valence-electron chi connectivity index (χ2n) is 3.93. The van der Waals surface area contributed by atoms with Gasteiger partial charge in [-0.25, -0.2) is 0 Å². The lowest BCUT2D eigenvalue weighted by atomic mass is 10.2. The SMILES string of the molecule is CCNC(C)c1nnnn1-c1ccc(OC)cc1. The molecular weight excluding hydrogens is 230 g/mol. The van der Waals surface area contributed by atoms with Crippen LogP contribution in [0.3, 0.4) is 0 Å². The van der Waals surface area contributed by atoms with Crippen LogP contribution in [0.4, 0.5) is 0 Å². The third-order valence-electron chi connectivity index (χ3n) is 2.71. The summed E-state index contributed by atoms with van der Waals surface area (Å²) in [6.45, 7) is 4.96. The molecule has 0 aliphatic rings. The molecule has 1 aromatic heterocycles. The summed E-state index contributed by atoms with van der Waals surface area (Å²) < 4.78 is 6.86. The fraction of sp³-hybridized carbons (Fsp3) is 0.417. The van der Waals surface area contributed by atoms with Crippen LogP contribution in [0.2, 0.25) is 0 Å². The van der Waals surface area contributed by atoms with Gasteiger partial charge in [0.25, 0.3) is 0 Å². The highest BCUT2D eigenvalue weighted by Crippen LogP contribution is 2.17. The Morgan fingerprint density at radius 3 is 2.67 bits per heavy atom. The summed E-state index contributed by atoms with van der Waals surface area (Å²) in [5.74, 6) is 1.61. The molecule has 0 saturated carbocycles. The van der Waals surface area contributed by atoms with Crippen molar-refractivity contribution in [2.24, 2.45) is 0 Å². The van der Waals surface area contributed by atoms with E-state index >= 15 is 0 Å². The van der Waals surface area contributed by atoms with Crippen molar-refractivity contribution >= 4 is 0 Å². The number of rotatable bonds is 5. The molecule has 2 rings (SSSR count). The predicted molar refractivity (Wildman–Crippen MR) is 67.8 cm³/mol. The van der Waals surface area contributed by atoms with E-state index in [-0.39, 0.29) is 6.04 Å². The monoisotopic (exact) mass is 247 g/mol. The lowest BCUT2D eigenvalue weighted by molar-refractivity contribution is 0.414. The van der Waals surface area contributed by atoms with Crippen LogP contribution in [0.5, 0.6) is 5.75 Å². The van der Waals surface area contributed by atoms with E-state index < -0.39 is 0 Å². The first-order chi connectivity index (χ1) is 8.76. The van der Waals surface area contributed by atoms with Crippen molar-refractivity contribution in [1.82, 2.24) is 25.5 Å². The number of nitrogens with zero attached hydrogens (tertiary/aromatic N) is 4. The Labute approximate surface area is 106 Å². The van der Waals surface area contributed by atoms with Crippen molar-refractivity contribution in [2.45, 2.75) is 19.9 Å². The van der Waals surface area contributed by atoms with Gasteiger partial charge in [-0.1, -0.05) is 6.92 Å². The molecule has 1 aromatic carbocycles. The molecule has 0 aliphatic carbocycles. The molecular formula is C12H17N5O. The first-order valence-electron chi connectivity index (χ1n) is 5.92. The summed E-state index contributed by atoms with van der Waals surface area (Å²) in [6.07, 6.45) is 0. The van der Waals surface area contributed by atoms with Gasteiger partial charge in [-0.2, -0.15) is 4.68 Å². The average Bonchev–Trinajstić information content (AvgIpc) is 2.88. The maximum absolute atomic E-state index is 5.13. The van der Waals surface area contributed by atoms with Crippen molar-refractivity contribution < 1.29 is 4.74 Å². The minimum atomic E-state index is 0.104. The summed E-state index contributed by atoms with van der Waals surface area (Å²) in [6, 6.07) is 7.73. The Bertz CT molecular complexity index is 493. The number of aromatic nitrogens is 4. The van der Waals surface area contributed by atoms with Crippen LogP contribution in [-0.4, -0.2) is 33.9 Å². The number of hydrogen-bond donors (Lipinski definition) is 1. The van der Waals surface area contributed by atoms with Crippen LogP contribution in [0.15, 0.2) is 24.3 Å². The molecule has 1 unspecified atom stereocenters. The molecule has 0 amide bonds. The smallest absolute Gasteiger partial charge is 0.173 e. The second-order valence-corrected chi connectivity index (χ2v) is 3.93. The number of ether oxygens (including phenoxy) is 1. The van der Waals surface area contributed by atoms with E-state index in [1.807, 2.05) is 31.2 Å². The van der Waals surface area contributed by atoms with Gasteiger partial charge in [0.2, 0.25) is 0 Å². The average molecular weight is 247 g/mol. The van der Waals surface area contributed by atoms with Gasteiger partial charge in [-0.3, -0.25) is 0 Å². The molecule has 0 radical (unpaired) electrons. The van der Waals surface area contributed by atoms with Gasteiger partial charge in [0.15, 0.2) is 5.82 Å². The highest BCUT2D eigenvalue weighted by atomic mass is 16.5. The van der Waals surface area contributed by atoms with E-state index in [0.29, 0.717) is 0 Å². The first-order valence-corrected chi connectivity index (χ1v) is 5.92. The van der Waals surface area contributed by atoms with Crippen molar-refractivity contribution in [1.29, 1.82) is 0 Å². The minimum absolute atomic E-state index is 0.104. The van der Waals surface area contributed by atoms with E-state index in [9.17, 15) is 0 Å². The first kappa shape index (κ1) is 12.5. The molecule has 96 valence electrons. The zero-order valence-electron chi connectivity index (χ0n) is 10.8. The maximum atomic E-state index is 5.13. The number of methoxy groups -OCH3 is 1. The third kappa shape index (κ3) is 2.48. The molecule has 1 heterocycles. The number of tetrazole rings is 1. The van der Waals surface area contributed by atoms with Crippen LogP contribution >= 0.6 is 0 Å². The molecule has 0 saturated heterocycles. The summed E-state index contributed by atoms with van der Waals surface area (Å²) in [4.78, 5) is 0. The lowest BCUT2D eigenvalue weighted by Crippen LogP contribution is -2.21. The van der Waals surface area contributed by atoms with Crippen molar-refractivity contribution in [3.63, 3.8) is 0 Å². The Morgan fingerprint density at radius 2 is 2.06 bits per heavy atom. The van der Waals surface area contributed by atoms with Crippen LogP contribution in [0.1, 0.15) is 25.7 Å². The van der Waals surface area contributed by atoms with Crippen LogP contribution in [-0.2, 0) is 0 Å². The Kier molecular flexibility index (Phi) is 3.88. The predicted octanol–water partition coefficient (Wildman–Crippen LogP) is 1.34. The Balaban J connectivity index is 2.29. The largest absolute Gasteiger partial charge is 0.497 e. The van der Waals surface area contributed by atoms with Gasteiger partial charge in [0.1, 0.15) is 5.75 Å². The highest BCUT2D eigenvalue weighted by Gasteiger charge is 2.14. The maximum Gasteiger partial charge on any atom is 0.173 e. The molecule has 6 nitrogen and oxygen atoms in total. The minimum Gasteiger partial charge on any atom is -0.497 e. The standard InChI is InChI=1S/C12H17N5O/c1-4-13-9(2)12-14-15-16-17(12)10-5-7-11(18-3)8-6-10/h5-9,13H,4H2,1-3H3. The van der Waals surface area contributed by atoms with E-state index in [1.54, 1.807) is 11.8 Å². The van der Waals surface area contributed by atoms with Gasteiger partial charge in [0.05, 0.1) is 18.8 Å². The van der Waals surface area contributed by atoms with Gasteiger partial charge in [-0.05, 0) is 48.2 Å². The van der Waals surface area contributed by atoms with Crippen LogP contribution in [0, 0.1) is 0 Å². The quantitative estimate of drug-likeness (QED) is 0.863. The number of nitrogens with one attached hydrogen (secondary N) is 1. The molecule has 1 N–H and O–H groups in total. The highest BCUT2D eigenvalue weighted by molar-refractivity contribution is 5.37. The fourth-order valence-electron chi connectivity index (χ4n) is 1.77. The zero-order chi connectivity index (χ0) is 13.0. The van der Waals surface area contributed by atoms with Crippen molar-refractivity contribution in [3.8, 4) is 11.4 Å². The van der Waals surface area contributed by atoms with Crippen LogP contribution < -0.4 is 10.1 Å². The summed E-state index contributed by atoms with van der Waals surface area (Å²) in [5, 5.41) is 15.1. The van der Waals surface area contributed by atoms with E-state index in [1.165, 1.54) is 0 Å². The molecule has 0 spiro atoms. The molecule has 0 fully saturated rings. The van der Waals surface area contributed by atoms with Gasteiger partial charge in [-0.15, -0.1) is 5.10 Å². The topological polar surface area (TPSA) is 64.9 Å². The van der Waals surface area contributed by atoms with E-state index in [2.05, 4.69) is 27.8 Å². The summed E-state index contributed by atoms with van der Waals surface area (Å²) >= 11 is 0. The van der Waals surface area contributed by atoms with E-state index in [4.69, 9.17) is 4.74 Å².